The smallest absolute Gasteiger partial charge is 0.332 e. The van der Waals surface area contributed by atoms with Crippen molar-refractivity contribution in [3.63, 3.8) is 0 Å². The van der Waals surface area contributed by atoms with Crippen LogP contribution in [0, 0.1) is 11.3 Å². The Labute approximate surface area is 278 Å². The summed E-state index contributed by atoms with van der Waals surface area (Å²) in [5, 5.41) is 0.278. The molecule has 0 N–H and O–H groups in total. The molecule has 0 aromatic carbocycles. The van der Waals surface area contributed by atoms with Crippen LogP contribution in [-0.2, 0) is 23.1 Å². The van der Waals surface area contributed by atoms with Crippen molar-refractivity contribution in [2.45, 2.75) is 168 Å². The fourth-order valence-corrected chi connectivity index (χ4v) is 9.50. The molecule has 3 aliphatic rings. The number of carbonyl (C=O) groups is 1. The molecule has 0 bridgehead atoms. The highest BCUT2D eigenvalue weighted by Crippen LogP contribution is 2.56. The summed E-state index contributed by atoms with van der Waals surface area (Å²) < 4.78 is 25.4. The summed E-state index contributed by atoms with van der Waals surface area (Å²) in [4.78, 5) is 12.1. The lowest BCUT2D eigenvalue weighted by Crippen LogP contribution is -2.49. The first kappa shape index (κ1) is 38.2. The minimum absolute atomic E-state index is 0.00936. The molecule has 0 saturated heterocycles. The molecule has 256 valence electrons. The van der Waals surface area contributed by atoms with Crippen LogP contribution < -0.4 is 0 Å². The third kappa shape index (κ3) is 9.01. The number of ether oxygens (including phenoxy) is 2. The van der Waals surface area contributed by atoms with E-state index in [0.717, 1.165) is 44.1 Å². The van der Waals surface area contributed by atoms with Gasteiger partial charge >= 0.3 is 5.97 Å². The van der Waals surface area contributed by atoms with E-state index in [4.69, 9.17) is 18.3 Å². The average Bonchev–Trinajstić information content (AvgIpc) is 3.23. The molecule has 0 spiro atoms. The lowest BCUT2D eigenvalue weighted by Gasteiger charge is -2.45. The summed E-state index contributed by atoms with van der Waals surface area (Å²) in [6.45, 7) is 36.1. The van der Waals surface area contributed by atoms with Gasteiger partial charge in [0.05, 0.1) is 24.4 Å². The largest absolute Gasteiger partial charge is 0.461 e. The van der Waals surface area contributed by atoms with Crippen molar-refractivity contribution in [2.24, 2.45) is 11.3 Å². The lowest BCUT2D eigenvalue weighted by atomic mass is 9.63. The normalized spacial score (nSPS) is 29.3. The van der Waals surface area contributed by atoms with Gasteiger partial charge in [0.2, 0.25) is 0 Å². The van der Waals surface area contributed by atoms with E-state index in [9.17, 15) is 4.79 Å². The first-order chi connectivity index (χ1) is 20.5. The van der Waals surface area contributed by atoms with Crippen molar-refractivity contribution in [1.29, 1.82) is 0 Å². The molecule has 3 aliphatic carbocycles. The zero-order valence-electron chi connectivity index (χ0n) is 31.3. The van der Waals surface area contributed by atoms with Gasteiger partial charge in [-0.1, -0.05) is 78.8 Å². The molecule has 0 amide bonds. The van der Waals surface area contributed by atoms with E-state index < -0.39 is 16.6 Å². The fraction of sp³-hybridized carbons (Fsp3) is 0.763. The first-order valence-electron chi connectivity index (χ1n) is 17.4. The fourth-order valence-electron chi connectivity index (χ4n) is 6.83. The highest BCUT2D eigenvalue weighted by molar-refractivity contribution is 6.74. The van der Waals surface area contributed by atoms with E-state index >= 15 is 0 Å². The molecule has 5 atom stereocenters. The van der Waals surface area contributed by atoms with Gasteiger partial charge in [0, 0.05) is 6.42 Å². The van der Waals surface area contributed by atoms with Crippen molar-refractivity contribution in [2.75, 3.05) is 6.61 Å². The maximum Gasteiger partial charge on any atom is 0.332 e. The molecule has 0 radical (unpaired) electrons. The monoisotopic (exact) mass is 658 g/mol. The predicted molar refractivity (Wildman–Crippen MR) is 193 cm³/mol. The Morgan fingerprint density at radius 1 is 1.02 bits per heavy atom. The van der Waals surface area contributed by atoms with Crippen LogP contribution in [0.3, 0.4) is 0 Å². The highest BCUT2D eigenvalue weighted by atomic mass is 28.4. The van der Waals surface area contributed by atoms with Crippen molar-refractivity contribution in [3.8, 4) is 0 Å². The summed E-state index contributed by atoms with van der Waals surface area (Å²) in [6.07, 6.45) is 13.2. The van der Waals surface area contributed by atoms with Gasteiger partial charge in [-0.05, 0) is 117 Å². The average molecular weight is 659 g/mol. The first-order valence-corrected chi connectivity index (χ1v) is 23.3. The van der Waals surface area contributed by atoms with Gasteiger partial charge in [-0.3, -0.25) is 0 Å². The maximum atomic E-state index is 12.1. The number of fused-ring (bicyclic) bond motifs is 1. The van der Waals surface area contributed by atoms with Crippen molar-refractivity contribution >= 4 is 22.6 Å². The molecule has 2 saturated carbocycles. The van der Waals surface area contributed by atoms with Crippen LogP contribution in [0.5, 0.6) is 0 Å². The molecule has 3 rings (SSSR count). The summed E-state index contributed by atoms with van der Waals surface area (Å²) in [5.41, 5.74) is 5.29. The molecule has 0 aromatic rings. The topological polar surface area (TPSA) is 54.0 Å². The van der Waals surface area contributed by atoms with E-state index in [2.05, 4.69) is 106 Å². The minimum Gasteiger partial charge on any atom is -0.461 e. The van der Waals surface area contributed by atoms with Crippen molar-refractivity contribution < 1.29 is 23.1 Å². The summed E-state index contributed by atoms with van der Waals surface area (Å²) >= 11 is 0. The Hall–Kier alpha value is -1.26. The zero-order valence-corrected chi connectivity index (χ0v) is 33.3. The van der Waals surface area contributed by atoms with Crippen LogP contribution in [0.25, 0.3) is 0 Å². The quantitative estimate of drug-likeness (QED) is 0.133. The number of hydrogen-bond donors (Lipinski definition) is 0. The Balaban J connectivity index is 1.86. The van der Waals surface area contributed by atoms with Crippen molar-refractivity contribution in [1.82, 2.24) is 0 Å². The SMILES string of the molecule is C=C1/C(=C\C=C2/CCC[C@]3(C)C(C(C)OCC(=O)OC(C)C)=CC[C@@H]23)C[C@@H](O[Si](C)(C)C(C)(C)C)C[C@@H]1O[Si](C)(C)C(C)(C)C. The van der Waals surface area contributed by atoms with Gasteiger partial charge in [0.1, 0.15) is 6.61 Å². The van der Waals surface area contributed by atoms with Crippen molar-refractivity contribution in [3.05, 3.63) is 47.1 Å². The molecular formula is C38H66O5Si2. The van der Waals surface area contributed by atoms with E-state index in [1.165, 1.54) is 16.7 Å². The maximum absolute atomic E-state index is 12.1. The van der Waals surface area contributed by atoms with E-state index in [-0.39, 0.29) is 52.5 Å². The molecule has 7 heteroatoms. The Kier molecular flexibility index (Phi) is 11.9. The second-order valence-corrected chi connectivity index (χ2v) is 27.0. The Morgan fingerprint density at radius 2 is 1.62 bits per heavy atom. The number of carbonyl (C=O) groups excluding carboxylic acids is 1. The van der Waals surface area contributed by atoms with Gasteiger partial charge in [0.25, 0.3) is 0 Å². The Morgan fingerprint density at radius 3 is 2.20 bits per heavy atom. The predicted octanol–water partition coefficient (Wildman–Crippen LogP) is 10.5. The molecule has 0 aromatic heterocycles. The number of allylic oxidation sites excluding steroid dienone is 4. The van der Waals surface area contributed by atoms with E-state index in [1.807, 2.05) is 13.8 Å². The lowest BCUT2D eigenvalue weighted by molar-refractivity contribution is -0.154. The molecule has 0 aliphatic heterocycles. The van der Waals surface area contributed by atoms with Crippen LogP contribution in [0.1, 0.15) is 108 Å². The summed E-state index contributed by atoms with van der Waals surface area (Å²) in [5.74, 6) is 0.148. The number of hydrogen-bond acceptors (Lipinski definition) is 5. The van der Waals surface area contributed by atoms with Gasteiger partial charge in [-0.2, -0.15) is 0 Å². The summed E-state index contributed by atoms with van der Waals surface area (Å²) in [6, 6.07) is 0. The number of rotatable bonds is 10. The third-order valence-corrected chi connectivity index (χ3v) is 20.6. The minimum atomic E-state index is -2.01. The van der Waals surface area contributed by atoms with Crippen LogP contribution in [-0.4, -0.2) is 53.6 Å². The zero-order chi connectivity index (χ0) is 34.2. The van der Waals surface area contributed by atoms with E-state index in [1.54, 1.807) is 0 Å². The summed E-state index contributed by atoms with van der Waals surface area (Å²) in [7, 11) is -3.96. The second kappa shape index (κ2) is 14.1. The molecular weight excluding hydrogens is 593 g/mol. The van der Waals surface area contributed by atoms with Gasteiger partial charge in [-0.15, -0.1) is 0 Å². The molecule has 45 heavy (non-hydrogen) atoms. The van der Waals surface area contributed by atoms with Crippen LogP contribution in [0.4, 0.5) is 0 Å². The van der Waals surface area contributed by atoms with Gasteiger partial charge in [0.15, 0.2) is 16.6 Å². The third-order valence-electron chi connectivity index (χ3n) is 11.6. The standard InChI is InChI=1S/C38H66O5Si2/c1-26(2)41-35(39)25-40-28(4)32-20-21-33-29(17-16-22-38(32,33)11)18-19-30-23-31(42-44(12,13)36(5,6)7)24-34(27(30)3)43-45(14,15)37(8,9)10/h18-20,26,28,31,33-34H,3,16-17,21-25H2,1-2,4-15H3/b29-18+,30-19-/t28?,31-,33+,34+,38-/m1/s1. The molecule has 1 unspecified atom stereocenters. The van der Waals surface area contributed by atoms with Gasteiger partial charge in [-0.25, -0.2) is 4.79 Å². The van der Waals surface area contributed by atoms with Gasteiger partial charge < -0.3 is 18.3 Å². The van der Waals surface area contributed by atoms with E-state index in [0.29, 0.717) is 5.92 Å². The van der Waals surface area contributed by atoms with Crippen LogP contribution in [0.2, 0.25) is 36.3 Å². The second-order valence-electron chi connectivity index (χ2n) is 17.5. The Bertz CT molecular complexity index is 1180. The highest BCUT2D eigenvalue weighted by Gasteiger charge is 2.47. The molecule has 5 nitrogen and oxygen atoms in total. The van der Waals surface area contributed by atoms with Crippen LogP contribution in [0.15, 0.2) is 47.1 Å². The molecule has 2 fully saturated rings. The number of esters is 1. The van der Waals surface area contributed by atoms with Crippen LogP contribution >= 0.6 is 0 Å². The molecule has 0 heterocycles.